The van der Waals surface area contributed by atoms with E-state index < -0.39 is 5.97 Å². The van der Waals surface area contributed by atoms with Gasteiger partial charge >= 0.3 is 12.0 Å². The number of nitrogens with one attached hydrogen (secondary N) is 1. The Balaban J connectivity index is 1.61. The fraction of sp³-hybridized carbons (Fsp3) is 0.312. The van der Waals surface area contributed by atoms with Crippen LogP contribution in [0.1, 0.15) is 12.8 Å². The van der Waals surface area contributed by atoms with Crippen molar-refractivity contribution < 1.29 is 19.2 Å². The van der Waals surface area contributed by atoms with Crippen LogP contribution in [0.4, 0.5) is 10.6 Å². The molecule has 2 aromatic rings. The van der Waals surface area contributed by atoms with Crippen LogP contribution in [0.5, 0.6) is 0 Å². The van der Waals surface area contributed by atoms with E-state index in [1.165, 1.54) is 0 Å². The molecule has 0 saturated carbocycles. The summed E-state index contributed by atoms with van der Waals surface area (Å²) in [6.45, 7) is 0.809. The van der Waals surface area contributed by atoms with E-state index in [-0.39, 0.29) is 11.9 Å². The molecule has 1 aromatic carbocycles. The first-order chi connectivity index (χ1) is 11.5. The number of piperidine rings is 1. The molecule has 0 bridgehead atoms. The molecule has 1 saturated heterocycles. The molecule has 0 aliphatic carbocycles. The maximum Gasteiger partial charge on any atom is 0.323 e. The molecule has 24 heavy (non-hydrogen) atoms. The van der Waals surface area contributed by atoms with Gasteiger partial charge in [-0.15, -0.1) is 0 Å². The zero-order chi connectivity index (χ0) is 17.1. The molecule has 2 heterocycles. The molecule has 0 spiro atoms. The molecular weight excluding hydrogens is 334 g/mol. The number of hydrogen-bond donors (Lipinski definition) is 2. The first-order valence-electron chi connectivity index (χ1n) is 7.54. The third-order valence-corrected chi connectivity index (χ3v) is 4.22. The number of aromatic nitrogens is 1. The number of likely N-dealkylation sites (tertiary alicyclic amines) is 1. The Labute approximate surface area is 143 Å². The van der Waals surface area contributed by atoms with Crippen molar-refractivity contribution in [3.8, 4) is 11.3 Å². The minimum atomic E-state index is -0.808. The Morgan fingerprint density at radius 3 is 2.71 bits per heavy atom. The number of carbonyl (C=O) groups is 2. The van der Waals surface area contributed by atoms with E-state index in [0.717, 1.165) is 5.56 Å². The Morgan fingerprint density at radius 2 is 2.04 bits per heavy atom. The fourth-order valence-electron chi connectivity index (χ4n) is 2.63. The first-order valence-corrected chi connectivity index (χ1v) is 7.92. The van der Waals surface area contributed by atoms with Crippen molar-refractivity contribution in [3.05, 3.63) is 35.4 Å². The Bertz CT molecular complexity index is 753. The maximum absolute atomic E-state index is 12.2. The first kappa shape index (κ1) is 16.3. The van der Waals surface area contributed by atoms with Gasteiger partial charge in [0.1, 0.15) is 0 Å². The molecule has 1 aromatic heterocycles. The lowest BCUT2D eigenvalue weighted by molar-refractivity contribution is -0.143. The molecule has 2 amide bonds. The summed E-state index contributed by atoms with van der Waals surface area (Å²) < 4.78 is 5.22. The van der Waals surface area contributed by atoms with E-state index in [1.54, 1.807) is 29.2 Å². The number of carbonyl (C=O) groups excluding carboxylic acids is 1. The van der Waals surface area contributed by atoms with E-state index in [1.807, 2.05) is 6.07 Å². The van der Waals surface area contributed by atoms with E-state index >= 15 is 0 Å². The summed E-state index contributed by atoms with van der Waals surface area (Å²) in [5, 5.41) is 16.0. The second-order valence-corrected chi connectivity index (χ2v) is 6.05. The Kier molecular flexibility index (Phi) is 4.71. The summed E-state index contributed by atoms with van der Waals surface area (Å²) in [6.07, 6.45) is 0.907. The molecule has 3 rings (SSSR count). The van der Waals surface area contributed by atoms with Crippen LogP contribution < -0.4 is 5.32 Å². The summed E-state index contributed by atoms with van der Waals surface area (Å²) in [4.78, 5) is 24.7. The summed E-state index contributed by atoms with van der Waals surface area (Å²) in [6, 6.07) is 8.42. The van der Waals surface area contributed by atoms with Gasteiger partial charge in [-0.3, -0.25) is 10.1 Å². The van der Waals surface area contributed by atoms with Crippen LogP contribution in [0.25, 0.3) is 11.3 Å². The highest BCUT2D eigenvalue weighted by molar-refractivity contribution is 6.30. The number of carboxylic acid groups (broad SMARTS) is 1. The highest BCUT2D eigenvalue weighted by atomic mass is 35.5. The topological polar surface area (TPSA) is 95.7 Å². The fourth-order valence-corrected chi connectivity index (χ4v) is 2.82. The van der Waals surface area contributed by atoms with Gasteiger partial charge in [0.25, 0.3) is 0 Å². The lowest BCUT2D eigenvalue weighted by Gasteiger charge is -2.29. The minimum Gasteiger partial charge on any atom is -0.481 e. The Hall–Kier alpha value is -2.54. The van der Waals surface area contributed by atoms with Gasteiger partial charge in [0, 0.05) is 29.7 Å². The van der Waals surface area contributed by atoms with Crippen molar-refractivity contribution >= 4 is 29.4 Å². The number of benzene rings is 1. The smallest absolute Gasteiger partial charge is 0.323 e. The number of nitrogens with zero attached hydrogens (tertiary/aromatic N) is 2. The molecule has 1 aliphatic heterocycles. The number of carboxylic acids is 1. The van der Waals surface area contributed by atoms with Crippen molar-refractivity contribution in [2.24, 2.45) is 5.92 Å². The third kappa shape index (κ3) is 3.68. The van der Waals surface area contributed by atoms with Gasteiger partial charge in [0.05, 0.1) is 5.92 Å². The molecule has 1 fully saturated rings. The quantitative estimate of drug-likeness (QED) is 0.886. The second kappa shape index (κ2) is 6.92. The van der Waals surface area contributed by atoms with E-state index in [9.17, 15) is 9.59 Å². The van der Waals surface area contributed by atoms with Crippen molar-refractivity contribution in [1.82, 2.24) is 10.1 Å². The summed E-state index contributed by atoms with van der Waals surface area (Å²) in [5.41, 5.74) is 0.762. The Morgan fingerprint density at radius 1 is 1.29 bits per heavy atom. The van der Waals surface area contributed by atoms with Crippen LogP contribution in [0.3, 0.4) is 0 Å². The van der Waals surface area contributed by atoms with Crippen molar-refractivity contribution in [2.75, 3.05) is 18.4 Å². The molecule has 0 unspecified atom stereocenters. The van der Waals surface area contributed by atoms with Crippen molar-refractivity contribution in [2.45, 2.75) is 12.8 Å². The van der Waals surface area contributed by atoms with Crippen LogP contribution in [0.15, 0.2) is 34.9 Å². The van der Waals surface area contributed by atoms with E-state index in [0.29, 0.717) is 42.5 Å². The van der Waals surface area contributed by atoms with Crippen LogP contribution in [-0.2, 0) is 4.79 Å². The van der Waals surface area contributed by atoms with Gasteiger partial charge in [-0.25, -0.2) is 4.79 Å². The van der Waals surface area contributed by atoms with Crippen LogP contribution in [0.2, 0.25) is 5.02 Å². The zero-order valence-corrected chi connectivity index (χ0v) is 13.5. The molecule has 0 radical (unpaired) electrons. The highest BCUT2D eigenvalue weighted by Crippen LogP contribution is 2.25. The van der Waals surface area contributed by atoms with Crippen molar-refractivity contribution in [3.63, 3.8) is 0 Å². The number of aliphatic carboxylic acids is 1. The monoisotopic (exact) mass is 349 g/mol. The average Bonchev–Trinajstić information content (AvgIpc) is 3.03. The third-order valence-electron chi connectivity index (χ3n) is 3.99. The highest BCUT2D eigenvalue weighted by Gasteiger charge is 2.27. The lowest BCUT2D eigenvalue weighted by atomic mass is 9.97. The molecule has 126 valence electrons. The molecule has 8 heteroatoms. The van der Waals surface area contributed by atoms with Crippen molar-refractivity contribution in [1.29, 1.82) is 0 Å². The predicted octanol–water partition coefficient (Wildman–Crippen LogP) is 3.32. The van der Waals surface area contributed by atoms with Crippen LogP contribution in [0, 0.1) is 5.92 Å². The van der Waals surface area contributed by atoms with E-state index in [4.69, 9.17) is 21.2 Å². The largest absolute Gasteiger partial charge is 0.481 e. The van der Waals surface area contributed by atoms with E-state index in [2.05, 4.69) is 10.5 Å². The number of hydrogen-bond acceptors (Lipinski definition) is 4. The molecule has 0 atom stereocenters. The normalized spacial score (nSPS) is 15.3. The lowest BCUT2D eigenvalue weighted by Crippen LogP contribution is -2.42. The molecular formula is C16H16ClN3O4. The number of urea groups is 1. The van der Waals surface area contributed by atoms with Crippen LogP contribution in [-0.4, -0.2) is 40.3 Å². The number of rotatable bonds is 3. The molecule has 2 N–H and O–H groups in total. The van der Waals surface area contributed by atoms with Gasteiger partial charge in [0.15, 0.2) is 11.6 Å². The van der Waals surface area contributed by atoms with Gasteiger partial charge in [-0.05, 0) is 25.0 Å². The zero-order valence-electron chi connectivity index (χ0n) is 12.7. The molecule has 7 nitrogen and oxygen atoms in total. The second-order valence-electron chi connectivity index (χ2n) is 5.62. The SMILES string of the molecule is O=C(O)C1CCN(C(=O)Nc2cc(-c3cccc(Cl)c3)on2)CC1. The van der Waals surface area contributed by atoms with Crippen LogP contribution >= 0.6 is 11.6 Å². The maximum atomic E-state index is 12.2. The van der Waals surface area contributed by atoms with Gasteiger partial charge < -0.3 is 14.5 Å². The summed E-state index contributed by atoms with van der Waals surface area (Å²) in [5.74, 6) is -0.388. The summed E-state index contributed by atoms with van der Waals surface area (Å²) >= 11 is 5.94. The van der Waals surface area contributed by atoms with Gasteiger partial charge in [0.2, 0.25) is 0 Å². The van der Waals surface area contributed by atoms with Gasteiger partial charge in [-0.1, -0.05) is 28.9 Å². The predicted molar refractivity (Wildman–Crippen MR) is 87.9 cm³/mol. The summed E-state index contributed by atoms with van der Waals surface area (Å²) in [7, 11) is 0. The average molecular weight is 350 g/mol. The standard InChI is InChI=1S/C16H16ClN3O4/c17-12-3-1-2-11(8-12)13-9-14(19-24-13)18-16(23)20-6-4-10(5-7-20)15(21)22/h1-3,8-10H,4-7H2,(H,21,22)(H,18,19,23). The number of amides is 2. The minimum absolute atomic E-state index is 0.301. The van der Waals surface area contributed by atoms with Gasteiger partial charge in [-0.2, -0.15) is 0 Å². The molecule has 1 aliphatic rings. The number of halogens is 1. The number of anilines is 1.